The van der Waals surface area contributed by atoms with Crippen molar-refractivity contribution in [2.24, 2.45) is 0 Å². The van der Waals surface area contributed by atoms with E-state index < -0.39 is 11.1 Å². The van der Waals surface area contributed by atoms with E-state index >= 15 is 0 Å². The number of benzene rings is 6. The molecule has 342 valence electrons. The van der Waals surface area contributed by atoms with Gasteiger partial charge in [0.05, 0.1) is 0 Å². The van der Waals surface area contributed by atoms with Crippen LogP contribution in [-0.2, 0) is 25.3 Å². The van der Waals surface area contributed by atoms with Crippen LogP contribution < -0.4 is 20.0 Å². The van der Waals surface area contributed by atoms with Crippen molar-refractivity contribution in [3.8, 4) is 0 Å². The Labute approximate surface area is 441 Å². The number of aromatic nitrogens is 2. The number of rotatable bonds is 10. The molecule has 0 saturated carbocycles. The Morgan fingerprint density at radius 1 is 0.309 bits per heavy atom. The SMILES string of the molecule is C(=[NH+]C(c1ccccc1)(c1ccccc1)c1ccccc1)c1ccc[n-]1.C(=[NH+]C(c1ccccc1)(c1ccccc1)c1ccccc1)c1ccc[n-]1.C1CCOC1.C1CCOC1.C1CCOC1.[Sr+2]. The topological polar surface area (TPSA) is 83.8 Å². The van der Waals surface area contributed by atoms with Crippen LogP contribution in [0.5, 0.6) is 0 Å². The van der Waals surface area contributed by atoms with Crippen molar-refractivity contribution < 1.29 is 24.2 Å². The zero-order valence-electron chi connectivity index (χ0n) is 39.3. The van der Waals surface area contributed by atoms with E-state index in [1.165, 1.54) is 71.9 Å². The van der Waals surface area contributed by atoms with Crippen LogP contribution in [0.3, 0.4) is 0 Å². The van der Waals surface area contributed by atoms with Crippen LogP contribution in [0.1, 0.15) is 83.3 Å². The molecule has 0 radical (unpaired) electrons. The Bertz CT molecular complexity index is 2120. The molecule has 3 saturated heterocycles. The number of nitrogens with zero attached hydrogens (tertiary/aromatic N) is 2. The molecule has 68 heavy (non-hydrogen) atoms. The van der Waals surface area contributed by atoms with Crippen LogP contribution >= 0.6 is 0 Å². The van der Waals surface area contributed by atoms with Gasteiger partial charge in [0.1, 0.15) is 12.4 Å². The third kappa shape index (κ3) is 15.0. The van der Waals surface area contributed by atoms with Gasteiger partial charge in [-0.25, -0.2) is 9.98 Å². The van der Waals surface area contributed by atoms with Crippen LogP contribution in [-0.4, -0.2) is 97.6 Å². The molecule has 3 fully saturated rings. The Balaban J connectivity index is 0.000000169. The summed E-state index contributed by atoms with van der Waals surface area (Å²) in [6.45, 7) is 6.00. The fourth-order valence-corrected chi connectivity index (χ4v) is 8.32. The first-order chi connectivity index (χ1) is 33.3. The van der Waals surface area contributed by atoms with Crippen LogP contribution in [0.4, 0.5) is 0 Å². The summed E-state index contributed by atoms with van der Waals surface area (Å²) >= 11 is 0. The minimum Gasteiger partial charge on any atom is -0.659 e. The Hall–Kier alpha value is -5.42. The molecule has 3 aliphatic heterocycles. The summed E-state index contributed by atoms with van der Waals surface area (Å²) in [5.74, 6) is 0. The fourth-order valence-electron chi connectivity index (χ4n) is 8.32. The predicted octanol–water partition coefficient (Wildman–Crippen LogP) is 8.28. The zero-order valence-corrected chi connectivity index (χ0v) is 42.7. The molecule has 0 bridgehead atoms. The molecule has 0 aliphatic carbocycles. The maximum absolute atomic E-state index is 4.94. The molecule has 2 aromatic heterocycles. The van der Waals surface area contributed by atoms with E-state index in [0.717, 1.165) is 51.0 Å². The van der Waals surface area contributed by atoms with Gasteiger partial charge < -0.3 is 24.2 Å². The number of nitrogens with one attached hydrogen (secondary N) is 2. The summed E-state index contributed by atoms with van der Waals surface area (Å²) in [6.07, 6.45) is 15.3. The van der Waals surface area contributed by atoms with Crippen LogP contribution in [0.2, 0.25) is 0 Å². The van der Waals surface area contributed by atoms with Gasteiger partial charge in [0, 0.05) is 73.0 Å². The second kappa shape index (κ2) is 29.5. The first-order valence-electron chi connectivity index (χ1n) is 23.7. The molecule has 3 aliphatic rings. The summed E-state index contributed by atoms with van der Waals surface area (Å²) in [7, 11) is 0. The maximum atomic E-state index is 4.94. The van der Waals surface area contributed by atoms with Crippen molar-refractivity contribution in [3.63, 3.8) is 0 Å². The molecule has 0 spiro atoms. The largest absolute Gasteiger partial charge is 2.00 e. The molecule has 11 rings (SSSR count). The normalized spacial score (nSPS) is 14.2. The predicted molar refractivity (Wildman–Crippen MR) is 276 cm³/mol. The molecule has 8 aromatic rings. The Kier molecular flexibility index (Phi) is 22.5. The third-order valence-corrected chi connectivity index (χ3v) is 11.7. The second-order valence-corrected chi connectivity index (χ2v) is 16.4. The van der Waals surface area contributed by atoms with E-state index in [9.17, 15) is 0 Å². The third-order valence-electron chi connectivity index (χ3n) is 11.7. The van der Waals surface area contributed by atoms with Crippen LogP contribution in [0.25, 0.3) is 0 Å². The van der Waals surface area contributed by atoms with E-state index in [1.807, 2.05) is 85.5 Å². The summed E-state index contributed by atoms with van der Waals surface area (Å²) in [4.78, 5) is 16.2. The monoisotopic (exact) mass is 976 g/mol. The van der Waals surface area contributed by atoms with Crippen molar-refractivity contribution in [1.82, 2.24) is 9.97 Å². The number of ether oxygens (including phenoxy) is 3. The Morgan fingerprint density at radius 3 is 0.691 bits per heavy atom. The molecule has 0 unspecified atom stereocenters. The van der Waals surface area contributed by atoms with E-state index in [1.54, 1.807) is 0 Å². The van der Waals surface area contributed by atoms with E-state index in [4.69, 9.17) is 14.2 Å². The summed E-state index contributed by atoms with van der Waals surface area (Å²) in [6, 6.07) is 71.2. The smallest absolute Gasteiger partial charge is 0.659 e. The van der Waals surface area contributed by atoms with Crippen molar-refractivity contribution in [2.75, 3.05) is 39.6 Å². The molecular formula is C60H64N4O3Sr+2. The van der Waals surface area contributed by atoms with Gasteiger partial charge >= 0.3 is 45.5 Å². The van der Waals surface area contributed by atoms with E-state index in [-0.39, 0.29) is 45.5 Å². The number of hydrogen-bond acceptors (Lipinski definition) is 3. The minimum atomic E-state index is -0.497. The summed E-state index contributed by atoms with van der Waals surface area (Å²) in [5.41, 5.74) is 7.92. The first-order valence-corrected chi connectivity index (χ1v) is 23.7. The van der Waals surface area contributed by atoms with Crippen molar-refractivity contribution >= 4 is 57.9 Å². The molecule has 2 N–H and O–H groups in total. The first kappa shape index (κ1) is 52.0. The van der Waals surface area contributed by atoms with Gasteiger partial charge in [0.2, 0.25) is 11.1 Å². The zero-order chi connectivity index (χ0) is 45.9. The van der Waals surface area contributed by atoms with Crippen molar-refractivity contribution in [1.29, 1.82) is 0 Å². The van der Waals surface area contributed by atoms with Gasteiger partial charge in [-0.1, -0.05) is 218 Å². The van der Waals surface area contributed by atoms with Crippen LogP contribution in [0, 0.1) is 0 Å². The number of hydrogen-bond donors (Lipinski definition) is 2. The van der Waals surface area contributed by atoms with Gasteiger partial charge in [-0.05, 0) is 38.5 Å². The minimum absolute atomic E-state index is 0. The summed E-state index contributed by atoms with van der Waals surface area (Å²) < 4.78 is 14.8. The van der Waals surface area contributed by atoms with E-state index in [2.05, 4.69) is 166 Å². The quantitative estimate of drug-likeness (QED) is 0.0820. The van der Waals surface area contributed by atoms with Crippen molar-refractivity contribution in [2.45, 2.75) is 49.6 Å². The maximum Gasteiger partial charge on any atom is 2.00 e. The van der Waals surface area contributed by atoms with E-state index in [0.29, 0.717) is 0 Å². The Morgan fingerprint density at radius 2 is 0.529 bits per heavy atom. The average Bonchev–Trinajstić information content (AvgIpc) is 4.28. The fraction of sp³-hybridized carbons (Fsp3) is 0.233. The molecule has 0 atom stereocenters. The molecule has 0 amide bonds. The van der Waals surface area contributed by atoms with Gasteiger partial charge in [0.15, 0.2) is 0 Å². The molecule has 6 aromatic carbocycles. The van der Waals surface area contributed by atoms with Gasteiger partial charge in [0.25, 0.3) is 0 Å². The molecule has 7 nitrogen and oxygen atoms in total. The standard InChI is InChI=1S/2C24H19N2.3C4H8O.Sr/c2*1-4-11-20(12-5-1)24(21-13-6-2-7-14-21,22-15-8-3-9-16-22)26-19-23-17-10-18-25-23;3*1-2-4-5-3-1;/h2*1-19H;3*1-4H2;/q2*-1;;;;+2/p+2. The van der Waals surface area contributed by atoms with Gasteiger partial charge in [-0.2, -0.15) is 12.4 Å². The van der Waals surface area contributed by atoms with Crippen molar-refractivity contribution in [3.05, 3.63) is 263 Å². The molecular weight excluding hydrogens is 912 g/mol. The van der Waals surface area contributed by atoms with Crippen LogP contribution in [0.15, 0.2) is 219 Å². The van der Waals surface area contributed by atoms with Gasteiger partial charge in [-0.3, -0.25) is 0 Å². The second-order valence-electron chi connectivity index (χ2n) is 16.4. The molecule has 5 heterocycles. The molecule has 8 heteroatoms. The van der Waals surface area contributed by atoms with Gasteiger partial charge in [-0.15, -0.1) is 0 Å². The summed E-state index contributed by atoms with van der Waals surface area (Å²) in [5, 5.41) is 0. The average molecular weight is 977 g/mol.